The van der Waals surface area contributed by atoms with Gasteiger partial charge in [0.25, 0.3) is 5.91 Å². The second-order valence-electron chi connectivity index (χ2n) is 8.36. The number of carbonyl (C=O) groups excluding carboxylic acids is 2. The highest BCUT2D eigenvalue weighted by atomic mass is 16.5. The maximum Gasteiger partial charge on any atom is 0.256 e. The summed E-state index contributed by atoms with van der Waals surface area (Å²) in [4.78, 5) is 33.0. The predicted octanol–water partition coefficient (Wildman–Crippen LogP) is 2.35. The first-order chi connectivity index (χ1) is 13.6. The third-order valence-corrected chi connectivity index (χ3v) is 6.45. The van der Waals surface area contributed by atoms with Crippen LogP contribution in [-0.2, 0) is 9.53 Å². The van der Waals surface area contributed by atoms with Crippen molar-refractivity contribution < 1.29 is 14.3 Å². The average molecular weight is 386 g/mol. The molecule has 1 unspecified atom stereocenters. The van der Waals surface area contributed by atoms with Crippen molar-refractivity contribution in [3.05, 3.63) is 35.9 Å². The van der Waals surface area contributed by atoms with Crippen molar-refractivity contribution in [1.82, 2.24) is 14.7 Å². The molecule has 2 saturated heterocycles. The van der Waals surface area contributed by atoms with E-state index in [9.17, 15) is 9.59 Å². The van der Waals surface area contributed by atoms with E-state index in [0.29, 0.717) is 18.7 Å². The van der Waals surface area contributed by atoms with Crippen molar-refractivity contribution in [3.8, 4) is 0 Å². The Labute approximate surface area is 167 Å². The molecule has 6 heteroatoms. The number of benzene rings is 1. The summed E-state index contributed by atoms with van der Waals surface area (Å²) in [5, 5.41) is 0. The SMILES string of the molecule is CN1CCCN(C(=O)C2COC3(CCCCC3)N2C(=O)c2ccccc2)CC1. The summed E-state index contributed by atoms with van der Waals surface area (Å²) in [6.07, 6.45) is 5.83. The fourth-order valence-corrected chi connectivity index (χ4v) is 4.86. The number of hydrogen-bond acceptors (Lipinski definition) is 4. The van der Waals surface area contributed by atoms with Crippen molar-refractivity contribution in [1.29, 1.82) is 0 Å². The second-order valence-corrected chi connectivity index (χ2v) is 8.36. The molecule has 4 rings (SSSR count). The molecule has 1 saturated carbocycles. The normalized spacial score (nSPS) is 25.7. The number of hydrogen-bond donors (Lipinski definition) is 0. The highest BCUT2D eigenvalue weighted by Crippen LogP contribution is 2.41. The molecule has 0 bridgehead atoms. The van der Waals surface area contributed by atoms with Crippen LogP contribution in [0.3, 0.4) is 0 Å². The van der Waals surface area contributed by atoms with Crippen LogP contribution in [0.25, 0.3) is 0 Å². The van der Waals surface area contributed by atoms with Crippen LogP contribution in [0.1, 0.15) is 48.9 Å². The van der Waals surface area contributed by atoms with E-state index >= 15 is 0 Å². The Kier molecular flexibility index (Phi) is 5.69. The van der Waals surface area contributed by atoms with Crippen LogP contribution in [0.5, 0.6) is 0 Å². The van der Waals surface area contributed by atoms with Crippen LogP contribution < -0.4 is 0 Å². The van der Waals surface area contributed by atoms with E-state index < -0.39 is 11.8 Å². The molecule has 2 amide bonds. The lowest BCUT2D eigenvalue weighted by atomic mass is 9.89. The average Bonchev–Trinajstić information content (AvgIpc) is 2.93. The van der Waals surface area contributed by atoms with Crippen LogP contribution >= 0.6 is 0 Å². The van der Waals surface area contributed by atoms with E-state index in [1.54, 1.807) is 4.90 Å². The fourth-order valence-electron chi connectivity index (χ4n) is 4.86. The zero-order valence-electron chi connectivity index (χ0n) is 16.8. The number of rotatable bonds is 2. The quantitative estimate of drug-likeness (QED) is 0.784. The van der Waals surface area contributed by atoms with Gasteiger partial charge in [0, 0.05) is 25.2 Å². The number of nitrogens with zero attached hydrogens (tertiary/aromatic N) is 3. The Hall–Kier alpha value is -1.92. The molecule has 2 heterocycles. The maximum absolute atomic E-state index is 13.5. The molecule has 2 aliphatic heterocycles. The van der Waals surface area contributed by atoms with Crippen LogP contribution in [0, 0.1) is 0 Å². The van der Waals surface area contributed by atoms with Gasteiger partial charge in [-0.2, -0.15) is 0 Å². The molecule has 1 aromatic rings. The van der Waals surface area contributed by atoms with Gasteiger partial charge >= 0.3 is 0 Å². The Morgan fingerprint density at radius 1 is 0.964 bits per heavy atom. The summed E-state index contributed by atoms with van der Waals surface area (Å²) in [5.41, 5.74) is 0.0140. The van der Waals surface area contributed by atoms with E-state index in [1.807, 2.05) is 35.2 Å². The van der Waals surface area contributed by atoms with E-state index in [4.69, 9.17) is 4.74 Å². The molecule has 1 spiro atoms. The summed E-state index contributed by atoms with van der Waals surface area (Å²) >= 11 is 0. The molecule has 1 aliphatic carbocycles. The zero-order valence-corrected chi connectivity index (χ0v) is 16.8. The topological polar surface area (TPSA) is 53.1 Å². The van der Waals surface area contributed by atoms with Crippen molar-refractivity contribution in [2.24, 2.45) is 0 Å². The van der Waals surface area contributed by atoms with E-state index in [2.05, 4.69) is 11.9 Å². The molecule has 3 fully saturated rings. The molecule has 6 nitrogen and oxygen atoms in total. The Balaban J connectivity index is 1.61. The minimum Gasteiger partial charge on any atom is -0.353 e. The number of carbonyl (C=O) groups is 2. The van der Waals surface area contributed by atoms with Crippen LogP contribution in [0.4, 0.5) is 0 Å². The smallest absolute Gasteiger partial charge is 0.256 e. The highest BCUT2D eigenvalue weighted by molar-refractivity contribution is 5.98. The first-order valence-electron chi connectivity index (χ1n) is 10.6. The molecule has 0 N–H and O–H groups in total. The van der Waals surface area contributed by atoms with E-state index in [0.717, 1.165) is 58.2 Å². The largest absolute Gasteiger partial charge is 0.353 e. The standard InChI is InChI=1S/C22H31N3O3/c1-23-13-8-14-24(16-15-23)21(27)19-17-28-22(11-6-3-7-12-22)25(19)20(26)18-9-4-2-5-10-18/h2,4-5,9-10,19H,3,6-8,11-17H2,1H3. The lowest BCUT2D eigenvalue weighted by Crippen LogP contribution is -2.57. The molecule has 0 radical (unpaired) electrons. The molecule has 28 heavy (non-hydrogen) atoms. The second kappa shape index (κ2) is 8.21. The third-order valence-electron chi connectivity index (χ3n) is 6.45. The van der Waals surface area contributed by atoms with Crippen molar-refractivity contribution >= 4 is 11.8 Å². The van der Waals surface area contributed by atoms with E-state index in [1.165, 1.54) is 0 Å². The zero-order chi connectivity index (χ0) is 19.6. The summed E-state index contributed by atoms with van der Waals surface area (Å²) < 4.78 is 6.26. The minimum atomic E-state index is -0.617. The van der Waals surface area contributed by atoms with Crippen LogP contribution in [0.2, 0.25) is 0 Å². The summed E-state index contributed by atoms with van der Waals surface area (Å²) in [7, 11) is 2.09. The van der Waals surface area contributed by atoms with Gasteiger partial charge in [0.2, 0.25) is 5.91 Å². The molecule has 152 valence electrons. The molecule has 1 atom stereocenters. The fraction of sp³-hybridized carbons (Fsp3) is 0.636. The lowest BCUT2D eigenvalue weighted by Gasteiger charge is -2.42. The van der Waals surface area contributed by atoms with Crippen molar-refractivity contribution in [2.75, 3.05) is 39.8 Å². The van der Waals surface area contributed by atoms with Gasteiger partial charge in [-0.05, 0) is 57.8 Å². The molecule has 0 aromatic heterocycles. The maximum atomic E-state index is 13.5. The number of likely N-dealkylation sites (N-methyl/N-ethyl adjacent to an activating group) is 1. The van der Waals surface area contributed by atoms with Gasteiger partial charge in [0.1, 0.15) is 11.8 Å². The van der Waals surface area contributed by atoms with Gasteiger partial charge in [-0.25, -0.2) is 0 Å². The van der Waals surface area contributed by atoms with Crippen molar-refractivity contribution in [3.63, 3.8) is 0 Å². The first-order valence-corrected chi connectivity index (χ1v) is 10.6. The molecule has 1 aromatic carbocycles. The van der Waals surface area contributed by atoms with E-state index in [-0.39, 0.29) is 11.8 Å². The monoisotopic (exact) mass is 385 g/mol. The predicted molar refractivity (Wildman–Crippen MR) is 107 cm³/mol. The van der Waals surface area contributed by atoms with Gasteiger partial charge in [0.05, 0.1) is 6.61 Å². The van der Waals surface area contributed by atoms with Gasteiger partial charge in [-0.3, -0.25) is 14.5 Å². The summed E-state index contributed by atoms with van der Waals surface area (Å²) in [6, 6.07) is 8.80. The van der Waals surface area contributed by atoms with Gasteiger partial charge in [-0.15, -0.1) is 0 Å². The Morgan fingerprint density at radius 3 is 2.46 bits per heavy atom. The Bertz CT molecular complexity index is 702. The van der Waals surface area contributed by atoms with Crippen molar-refractivity contribution in [2.45, 2.75) is 50.3 Å². The van der Waals surface area contributed by atoms with Gasteiger partial charge in [0.15, 0.2) is 0 Å². The van der Waals surface area contributed by atoms with Crippen LogP contribution in [0.15, 0.2) is 30.3 Å². The molecular formula is C22H31N3O3. The van der Waals surface area contributed by atoms with Gasteiger partial charge in [-0.1, -0.05) is 24.6 Å². The minimum absolute atomic E-state index is 0.0435. The lowest BCUT2D eigenvalue weighted by molar-refractivity contribution is -0.137. The third kappa shape index (κ3) is 3.67. The van der Waals surface area contributed by atoms with Gasteiger partial charge < -0.3 is 14.5 Å². The number of amides is 2. The molecular weight excluding hydrogens is 354 g/mol. The first kappa shape index (κ1) is 19.4. The summed E-state index contributed by atoms with van der Waals surface area (Å²) in [6.45, 7) is 3.65. The Morgan fingerprint density at radius 2 is 1.71 bits per heavy atom. The number of ether oxygens (including phenoxy) is 1. The highest BCUT2D eigenvalue weighted by Gasteiger charge is 2.53. The molecule has 3 aliphatic rings. The van der Waals surface area contributed by atoms with Crippen LogP contribution in [-0.4, -0.2) is 78.1 Å². The summed E-state index contributed by atoms with van der Waals surface area (Å²) in [5.74, 6) is -0.0349.